The van der Waals surface area contributed by atoms with Gasteiger partial charge in [0.2, 0.25) is 5.91 Å². The molecule has 1 aliphatic rings. The lowest BCUT2D eigenvalue weighted by molar-refractivity contribution is -0.121. The molecule has 1 aromatic heterocycles. The Labute approximate surface area is 136 Å². The molecule has 0 bridgehead atoms. The number of hydrogen-bond acceptors (Lipinski definition) is 4. The van der Waals surface area contributed by atoms with Crippen LogP contribution in [-0.2, 0) is 17.8 Å². The van der Waals surface area contributed by atoms with Crippen LogP contribution >= 0.6 is 0 Å². The van der Waals surface area contributed by atoms with E-state index in [0.717, 1.165) is 22.7 Å². The van der Waals surface area contributed by atoms with E-state index in [2.05, 4.69) is 15.3 Å². The summed E-state index contributed by atoms with van der Waals surface area (Å²) in [5.41, 5.74) is 3.10. The minimum absolute atomic E-state index is 0.0346. The molecule has 0 aliphatic heterocycles. The molecule has 1 aliphatic carbocycles. The van der Waals surface area contributed by atoms with Crippen LogP contribution in [0.15, 0.2) is 36.7 Å². The van der Waals surface area contributed by atoms with Crippen molar-refractivity contribution in [1.82, 2.24) is 15.3 Å². The van der Waals surface area contributed by atoms with E-state index < -0.39 is 0 Å². The smallest absolute Gasteiger partial charge is 0.220 e. The molecule has 1 N–H and O–H groups in total. The van der Waals surface area contributed by atoms with E-state index >= 15 is 0 Å². The average molecular weight is 311 g/mol. The van der Waals surface area contributed by atoms with E-state index in [0.29, 0.717) is 25.3 Å². The summed E-state index contributed by atoms with van der Waals surface area (Å²) in [6.45, 7) is 0.462. The minimum Gasteiger partial charge on any atom is -0.497 e. The zero-order valence-electron chi connectivity index (χ0n) is 13.3. The molecule has 0 atom stereocenters. The molecule has 1 amide bonds. The first-order valence-corrected chi connectivity index (χ1v) is 7.95. The molecule has 0 saturated heterocycles. The summed E-state index contributed by atoms with van der Waals surface area (Å²) in [6, 6.07) is 9.79. The Kier molecular flexibility index (Phi) is 4.86. The molecular weight excluding hydrogens is 290 g/mol. The fourth-order valence-electron chi connectivity index (χ4n) is 2.44. The van der Waals surface area contributed by atoms with Gasteiger partial charge < -0.3 is 10.1 Å². The summed E-state index contributed by atoms with van der Waals surface area (Å²) in [4.78, 5) is 20.5. The molecule has 1 aromatic carbocycles. The Hall–Kier alpha value is -2.43. The van der Waals surface area contributed by atoms with Gasteiger partial charge in [0.25, 0.3) is 0 Å². The number of carbonyl (C=O) groups excluding carboxylic acids is 1. The SMILES string of the molecule is COc1ccc(CCC(=O)NCc2cc(C3CC3)ncn2)cc1. The normalized spacial score (nSPS) is 13.6. The molecule has 0 spiro atoms. The van der Waals surface area contributed by atoms with Crippen LogP contribution in [-0.4, -0.2) is 23.0 Å². The van der Waals surface area contributed by atoms with Crippen LogP contribution in [0.3, 0.4) is 0 Å². The molecule has 3 rings (SSSR count). The highest BCUT2D eigenvalue weighted by Gasteiger charge is 2.25. The number of benzene rings is 1. The molecule has 5 heteroatoms. The summed E-state index contributed by atoms with van der Waals surface area (Å²) in [5.74, 6) is 1.46. The van der Waals surface area contributed by atoms with E-state index in [1.807, 2.05) is 30.3 Å². The van der Waals surface area contributed by atoms with Crippen LogP contribution in [0.4, 0.5) is 0 Å². The van der Waals surface area contributed by atoms with Crippen molar-refractivity contribution in [3.05, 3.63) is 53.6 Å². The number of aryl methyl sites for hydroxylation is 1. The van der Waals surface area contributed by atoms with Crippen molar-refractivity contribution in [3.8, 4) is 5.75 Å². The molecule has 1 saturated carbocycles. The topological polar surface area (TPSA) is 64.1 Å². The van der Waals surface area contributed by atoms with Gasteiger partial charge in [0, 0.05) is 18.0 Å². The van der Waals surface area contributed by atoms with Crippen molar-refractivity contribution >= 4 is 5.91 Å². The third-order valence-corrected chi connectivity index (χ3v) is 4.01. The third-order valence-electron chi connectivity index (χ3n) is 4.01. The first kappa shape index (κ1) is 15.5. The standard InChI is InChI=1S/C18H21N3O2/c1-23-16-7-2-13(3-8-16)4-9-18(22)19-11-15-10-17(14-5-6-14)21-12-20-15/h2-3,7-8,10,12,14H,4-6,9,11H2,1H3,(H,19,22). The van der Waals surface area contributed by atoms with E-state index in [1.165, 1.54) is 12.8 Å². The zero-order chi connectivity index (χ0) is 16.1. The maximum Gasteiger partial charge on any atom is 0.220 e. The molecular formula is C18H21N3O2. The Morgan fingerprint density at radius 3 is 2.74 bits per heavy atom. The monoisotopic (exact) mass is 311 g/mol. The summed E-state index contributed by atoms with van der Waals surface area (Å²) >= 11 is 0. The zero-order valence-corrected chi connectivity index (χ0v) is 13.3. The van der Waals surface area contributed by atoms with Crippen molar-refractivity contribution in [1.29, 1.82) is 0 Å². The van der Waals surface area contributed by atoms with Crippen LogP contribution in [0.2, 0.25) is 0 Å². The van der Waals surface area contributed by atoms with Crippen LogP contribution in [0, 0.1) is 0 Å². The van der Waals surface area contributed by atoms with Gasteiger partial charge in [-0.3, -0.25) is 4.79 Å². The Morgan fingerprint density at radius 2 is 2.04 bits per heavy atom. The molecule has 2 aromatic rings. The van der Waals surface area contributed by atoms with Gasteiger partial charge >= 0.3 is 0 Å². The fourth-order valence-corrected chi connectivity index (χ4v) is 2.44. The largest absolute Gasteiger partial charge is 0.497 e. The molecule has 23 heavy (non-hydrogen) atoms. The highest BCUT2D eigenvalue weighted by atomic mass is 16.5. The fraction of sp³-hybridized carbons (Fsp3) is 0.389. The second-order valence-electron chi connectivity index (χ2n) is 5.83. The first-order chi connectivity index (χ1) is 11.2. The number of rotatable bonds is 7. The van der Waals surface area contributed by atoms with Crippen molar-refractivity contribution in [2.24, 2.45) is 0 Å². The number of aromatic nitrogens is 2. The highest BCUT2D eigenvalue weighted by Crippen LogP contribution is 2.38. The minimum atomic E-state index is 0.0346. The van der Waals surface area contributed by atoms with Gasteiger partial charge in [-0.1, -0.05) is 12.1 Å². The summed E-state index contributed by atoms with van der Waals surface area (Å²) in [6.07, 6.45) is 5.20. The predicted octanol–water partition coefficient (Wildman–Crippen LogP) is 2.61. The molecule has 0 radical (unpaired) electrons. The van der Waals surface area contributed by atoms with Gasteiger partial charge in [-0.25, -0.2) is 9.97 Å². The number of nitrogens with one attached hydrogen (secondary N) is 1. The molecule has 5 nitrogen and oxygen atoms in total. The van der Waals surface area contributed by atoms with E-state index in [4.69, 9.17) is 4.74 Å². The van der Waals surface area contributed by atoms with Gasteiger partial charge in [-0.2, -0.15) is 0 Å². The molecule has 120 valence electrons. The number of ether oxygens (including phenoxy) is 1. The molecule has 1 heterocycles. The average Bonchev–Trinajstić information content (AvgIpc) is 3.44. The summed E-state index contributed by atoms with van der Waals surface area (Å²) in [5, 5.41) is 2.92. The van der Waals surface area contributed by atoms with Gasteiger partial charge in [0.1, 0.15) is 12.1 Å². The Morgan fingerprint density at radius 1 is 1.26 bits per heavy atom. The number of nitrogens with zero attached hydrogens (tertiary/aromatic N) is 2. The lowest BCUT2D eigenvalue weighted by Crippen LogP contribution is -2.23. The van der Waals surface area contributed by atoms with Crippen LogP contribution < -0.4 is 10.1 Å². The van der Waals surface area contributed by atoms with Crippen molar-refractivity contribution in [3.63, 3.8) is 0 Å². The highest BCUT2D eigenvalue weighted by molar-refractivity contribution is 5.76. The maximum atomic E-state index is 12.0. The lowest BCUT2D eigenvalue weighted by Gasteiger charge is -2.06. The van der Waals surface area contributed by atoms with E-state index in [9.17, 15) is 4.79 Å². The number of carbonyl (C=O) groups is 1. The van der Waals surface area contributed by atoms with Gasteiger partial charge in [-0.05, 0) is 43.0 Å². The van der Waals surface area contributed by atoms with Crippen molar-refractivity contribution < 1.29 is 9.53 Å². The Bertz CT molecular complexity index is 666. The molecule has 1 fully saturated rings. The number of methoxy groups -OCH3 is 1. The second kappa shape index (κ2) is 7.22. The Balaban J connectivity index is 1.44. The van der Waals surface area contributed by atoms with Crippen molar-refractivity contribution in [2.75, 3.05) is 7.11 Å². The van der Waals surface area contributed by atoms with Gasteiger partial charge in [0.05, 0.1) is 19.3 Å². The van der Waals surface area contributed by atoms with E-state index in [-0.39, 0.29) is 5.91 Å². The molecule has 0 unspecified atom stereocenters. The van der Waals surface area contributed by atoms with Crippen LogP contribution in [0.1, 0.15) is 42.1 Å². The number of hydrogen-bond donors (Lipinski definition) is 1. The van der Waals surface area contributed by atoms with Crippen molar-refractivity contribution in [2.45, 2.75) is 38.1 Å². The third kappa shape index (κ3) is 4.52. The quantitative estimate of drug-likeness (QED) is 0.853. The van der Waals surface area contributed by atoms with Gasteiger partial charge in [0.15, 0.2) is 0 Å². The summed E-state index contributed by atoms with van der Waals surface area (Å²) < 4.78 is 5.12. The van der Waals surface area contributed by atoms with Crippen LogP contribution in [0.25, 0.3) is 0 Å². The van der Waals surface area contributed by atoms with Gasteiger partial charge in [-0.15, -0.1) is 0 Å². The van der Waals surface area contributed by atoms with Crippen LogP contribution in [0.5, 0.6) is 5.75 Å². The number of amides is 1. The van der Waals surface area contributed by atoms with E-state index in [1.54, 1.807) is 13.4 Å². The lowest BCUT2D eigenvalue weighted by atomic mass is 10.1. The second-order valence-corrected chi connectivity index (χ2v) is 5.83. The maximum absolute atomic E-state index is 12.0. The summed E-state index contributed by atoms with van der Waals surface area (Å²) in [7, 11) is 1.64. The first-order valence-electron chi connectivity index (χ1n) is 7.95. The predicted molar refractivity (Wildman–Crippen MR) is 87.2 cm³/mol.